The molecular weight excluding hydrogens is 278 g/mol. The third kappa shape index (κ3) is 4.76. The molecule has 0 saturated carbocycles. The van der Waals surface area contributed by atoms with E-state index in [-0.39, 0.29) is 0 Å². The number of benzene rings is 1. The molecule has 17 heavy (non-hydrogen) atoms. The fourth-order valence-corrected chi connectivity index (χ4v) is 2.09. The lowest BCUT2D eigenvalue weighted by Crippen LogP contribution is -2.23. The van der Waals surface area contributed by atoms with Crippen molar-refractivity contribution in [2.24, 2.45) is 0 Å². The fourth-order valence-electron chi connectivity index (χ4n) is 1.61. The van der Waals surface area contributed by atoms with Crippen LogP contribution in [-0.2, 0) is 0 Å². The van der Waals surface area contributed by atoms with E-state index in [2.05, 4.69) is 52.9 Å². The molecule has 0 aliphatic carbocycles. The molecule has 0 aromatic heterocycles. The topological polar surface area (TPSA) is 30.3 Å². The molecular formula is C13H18BrN3. The molecule has 0 bridgehead atoms. The monoisotopic (exact) mass is 295 g/mol. The molecule has 1 aromatic carbocycles. The van der Waals surface area contributed by atoms with Crippen LogP contribution in [0.1, 0.15) is 12.0 Å². The van der Waals surface area contributed by atoms with Gasteiger partial charge in [-0.1, -0.05) is 15.9 Å². The highest BCUT2D eigenvalue weighted by molar-refractivity contribution is 9.10. The van der Waals surface area contributed by atoms with Crippen molar-refractivity contribution in [2.45, 2.75) is 6.42 Å². The Bertz CT molecular complexity index is 410. The van der Waals surface area contributed by atoms with Gasteiger partial charge in [-0.2, -0.15) is 5.26 Å². The highest BCUT2D eigenvalue weighted by Gasteiger charge is 2.04. The van der Waals surface area contributed by atoms with E-state index in [4.69, 9.17) is 5.26 Å². The van der Waals surface area contributed by atoms with Gasteiger partial charge in [-0.05, 0) is 45.3 Å². The van der Waals surface area contributed by atoms with Crippen LogP contribution in [0.25, 0.3) is 0 Å². The number of nitrogens with zero attached hydrogens (tertiary/aromatic N) is 3. The maximum absolute atomic E-state index is 8.92. The standard InChI is InChI=1S/C13H18BrN3/c1-16(2)5-4-6-17(3)13-8-11(10-15)7-12(14)9-13/h7-9H,4-6H2,1-3H3. The van der Waals surface area contributed by atoms with Gasteiger partial charge < -0.3 is 9.80 Å². The van der Waals surface area contributed by atoms with Crippen molar-refractivity contribution < 1.29 is 0 Å². The van der Waals surface area contributed by atoms with Crippen molar-refractivity contribution in [3.63, 3.8) is 0 Å². The zero-order valence-electron chi connectivity index (χ0n) is 10.6. The fraction of sp³-hybridized carbons (Fsp3) is 0.462. The number of halogens is 1. The Kier molecular flexibility index (Phi) is 5.46. The summed E-state index contributed by atoms with van der Waals surface area (Å²) in [6.07, 6.45) is 1.11. The number of hydrogen-bond acceptors (Lipinski definition) is 3. The summed E-state index contributed by atoms with van der Waals surface area (Å²) >= 11 is 3.43. The van der Waals surface area contributed by atoms with Crippen LogP contribution in [0.2, 0.25) is 0 Å². The minimum atomic E-state index is 0.689. The summed E-state index contributed by atoms with van der Waals surface area (Å²) in [4.78, 5) is 4.35. The van der Waals surface area contributed by atoms with Crippen molar-refractivity contribution in [1.82, 2.24) is 4.90 Å². The summed E-state index contributed by atoms with van der Waals surface area (Å²) in [5.41, 5.74) is 1.77. The minimum Gasteiger partial charge on any atom is -0.374 e. The first-order chi connectivity index (χ1) is 8.02. The highest BCUT2D eigenvalue weighted by atomic mass is 79.9. The van der Waals surface area contributed by atoms with Gasteiger partial charge in [0, 0.05) is 23.8 Å². The van der Waals surface area contributed by atoms with Crippen molar-refractivity contribution >= 4 is 21.6 Å². The predicted octanol–water partition coefficient (Wildman–Crippen LogP) is 2.71. The van der Waals surface area contributed by atoms with Crippen molar-refractivity contribution in [3.8, 4) is 6.07 Å². The number of anilines is 1. The zero-order chi connectivity index (χ0) is 12.8. The van der Waals surface area contributed by atoms with Crippen LogP contribution in [0.5, 0.6) is 0 Å². The van der Waals surface area contributed by atoms with Crippen LogP contribution >= 0.6 is 15.9 Å². The van der Waals surface area contributed by atoms with E-state index in [1.807, 2.05) is 18.2 Å². The van der Waals surface area contributed by atoms with Gasteiger partial charge in [0.15, 0.2) is 0 Å². The summed E-state index contributed by atoms with van der Waals surface area (Å²) in [5.74, 6) is 0. The van der Waals surface area contributed by atoms with E-state index in [0.29, 0.717) is 5.56 Å². The molecule has 0 amide bonds. The van der Waals surface area contributed by atoms with Crippen LogP contribution in [0.4, 0.5) is 5.69 Å². The van der Waals surface area contributed by atoms with Crippen LogP contribution < -0.4 is 4.90 Å². The second kappa shape index (κ2) is 6.63. The Morgan fingerprint density at radius 2 is 1.88 bits per heavy atom. The first-order valence-electron chi connectivity index (χ1n) is 5.59. The van der Waals surface area contributed by atoms with Crippen LogP contribution in [0, 0.1) is 11.3 Å². The van der Waals surface area contributed by atoms with Crippen molar-refractivity contribution in [1.29, 1.82) is 5.26 Å². The molecule has 1 aromatic rings. The lowest BCUT2D eigenvalue weighted by atomic mass is 10.2. The molecule has 4 heteroatoms. The molecule has 0 atom stereocenters. The van der Waals surface area contributed by atoms with E-state index >= 15 is 0 Å². The highest BCUT2D eigenvalue weighted by Crippen LogP contribution is 2.21. The first kappa shape index (κ1) is 14.0. The Balaban J connectivity index is 2.65. The Morgan fingerprint density at radius 3 is 2.47 bits per heavy atom. The quantitative estimate of drug-likeness (QED) is 0.837. The number of nitriles is 1. The molecule has 0 aliphatic heterocycles. The maximum Gasteiger partial charge on any atom is 0.0992 e. The molecule has 0 heterocycles. The van der Waals surface area contributed by atoms with Crippen LogP contribution in [-0.4, -0.2) is 39.1 Å². The average molecular weight is 296 g/mol. The second-order valence-electron chi connectivity index (χ2n) is 4.39. The van der Waals surface area contributed by atoms with E-state index in [9.17, 15) is 0 Å². The minimum absolute atomic E-state index is 0.689. The van der Waals surface area contributed by atoms with Gasteiger partial charge in [-0.25, -0.2) is 0 Å². The van der Waals surface area contributed by atoms with E-state index in [0.717, 1.165) is 29.7 Å². The Morgan fingerprint density at radius 1 is 1.18 bits per heavy atom. The van der Waals surface area contributed by atoms with E-state index in [1.54, 1.807) is 0 Å². The van der Waals surface area contributed by atoms with Gasteiger partial charge in [0.05, 0.1) is 11.6 Å². The lowest BCUT2D eigenvalue weighted by molar-refractivity contribution is 0.401. The molecule has 0 N–H and O–H groups in total. The summed E-state index contributed by atoms with van der Waals surface area (Å²) < 4.78 is 0.950. The summed E-state index contributed by atoms with van der Waals surface area (Å²) in [6, 6.07) is 7.96. The molecule has 0 unspecified atom stereocenters. The molecule has 0 radical (unpaired) electrons. The molecule has 0 spiro atoms. The number of hydrogen-bond donors (Lipinski definition) is 0. The molecule has 3 nitrogen and oxygen atoms in total. The third-order valence-corrected chi connectivity index (χ3v) is 3.01. The van der Waals surface area contributed by atoms with Gasteiger partial charge in [0.25, 0.3) is 0 Å². The largest absolute Gasteiger partial charge is 0.374 e. The average Bonchev–Trinajstić information content (AvgIpc) is 2.27. The van der Waals surface area contributed by atoms with Gasteiger partial charge in [0.2, 0.25) is 0 Å². The van der Waals surface area contributed by atoms with Crippen LogP contribution in [0.3, 0.4) is 0 Å². The summed E-state index contributed by atoms with van der Waals surface area (Å²) in [7, 11) is 6.21. The maximum atomic E-state index is 8.92. The summed E-state index contributed by atoms with van der Waals surface area (Å²) in [6.45, 7) is 2.06. The van der Waals surface area contributed by atoms with Gasteiger partial charge in [-0.3, -0.25) is 0 Å². The zero-order valence-corrected chi connectivity index (χ0v) is 12.2. The van der Waals surface area contributed by atoms with Gasteiger partial charge >= 0.3 is 0 Å². The van der Waals surface area contributed by atoms with Crippen molar-refractivity contribution in [2.75, 3.05) is 39.1 Å². The molecule has 0 saturated heterocycles. The molecule has 1 rings (SSSR count). The molecule has 0 aliphatic rings. The second-order valence-corrected chi connectivity index (χ2v) is 5.30. The van der Waals surface area contributed by atoms with E-state index < -0.39 is 0 Å². The predicted molar refractivity (Wildman–Crippen MR) is 75.3 cm³/mol. The van der Waals surface area contributed by atoms with E-state index in [1.165, 1.54) is 0 Å². The smallest absolute Gasteiger partial charge is 0.0992 e. The number of rotatable bonds is 5. The van der Waals surface area contributed by atoms with Gasteiger partial charge in [0.1, 0.15) is 0 Å². The van der Waals surface area contributed by atoms with Gasteiger partial charge in [-0.15, -0.1) is 0 Å². The van der Waals surface area contributed by atoms with Crippen LogP contribution in [0.15, 0.2) is 22.7 Å². The first-order valence-corrected chi connectivity index (χ1v) is 6.39. The molecule has 0 fully saturated rings. The lowest BCUT2D eigenvalue weighted by Gasteiger charge is -2.21. The summed E-state index contributed by atoms with van der Waals surface area (Å²) in [5, 5.41) is 8.92. The van der Waals surface area contributed by atoms with Crippen molar-refractivity contribution in [3.05, 3.63) is 28.2 Å². The Hall–Kier alpha value is -1.05. The SMILES string of the molecule is CN(C)CCCN(C)c1cc(Br)cc(C#N)c1. The normalized spacial score (nSPS) is 10.4. The Labute approximate surface area is 112 Å². The third-order valence-electron chi connectivity index (χ3n) is 2.55. The molecule has 92 valence electrons.